The smallest absolute Gasteiger partial charge is 0.406 e. The molecular weight excluding hydrogens is 299 g/mol. The van der Waals surface area contributed by atoms with Gasteiger partial charge in [0.15, 0.2) is 0 Å². The van der Waals surface area contributed by atoms with Crippen LogP contribution in [0.15, 0.2) is 24.3 Å². The molecule has 1 amide bonds. The number of hydrogen-bond donors (Lipinski definition) is 0. The summed E-state index contributed by atoms with van der Waals surface area (Å²) >= 11 is 0. The third-order valence-corrected chi connectivity index (χ3v) is 2.68. The van der Waals surface area contributed by atoms with Gasteiger partial charge in [0, 0.05) is 6.42 Å². The fourth-order valence-electron chi connectivity index (χ4n) is 1.74. The first-order valence-electron chi connectivity index (χ1n) is 6.22. The van der Waals surface area contributed by atoms with Gasteiger partial charge in [-0.15, -0.1) is 13.2 Å². The molecule has 0 radical (unpaired) electrons. The molecule has 0 heterocycles. The lowest BCUT2D eigenvalue weighted by Gasteiger charge is -2.17. The van der Waals surface area contributed by atoms with E-state index in [9.17, 15) is 18.0 Å². The number of benzene rings is 1. The van der Waals surface area contributed by atoms with E-state index in [2.05, 4.69) is 4.74 Å². The number of nitrogens with zero attached hydrogens (tertiary/aromatic N) is 3. The van der Waals surface area contributed by atoms with Gasteiger partial charge in [0.1, 0.15) is 18.8 Å². The van der Waals surface area contributed by atoms with Crippen LogP contribution < -0.4 is 4.74 Å². The van der Waals surface area contributed by atoms with Crippen molar-refractivity contribution in [1.82, 2.24) is 4.90 Å². The summed E-state index contributed by atoms with van der Waals surface area (Å²) in [5.74, 6) is -0.847. The molecule has 1 rings (SSSR count). The van der Waals surface area contributed by atoms with E-state index < -0.39 is 12.3 Å². The molecule has 0 saturated carbocycles. The molecule has 8 heteroatoms. The van der Waals surface area contributed by atoms with Crippen LogP contribution in [0.2, 0.25) is 0 Å². The molecule has 1 aromatic carbocycles. The first-order valence-corrected chi connectivity index (χ1v) is 6.22. The third-order valence-electron chi connectivity index (χ3n) is 2.68. The SMILES string of the molecule is N#CCN(CC#N)C(=O)CCc1ccccc1OC(F)(F)F. The van der Waals surface area contributed by atoms with Gasteiger partial charge in [-0.25, -0.2) is 0 Å². The third kappa shape index (κ3) is 5.71. The van der Waals surface area contributed by atoms with Crippen LogP contribution in [0.1, 0.15) is 12.0 Å². The average Bonchev–Trinajstić information content (AvgIpc) is 2.44. The van der Waals surface area contributed by atoms with Crippen molar-refractivity contribution in [3.8, 4) is 17.9 Å². The fraction of sp³-hybridized carbons (Fsp3) is 0.357. The Bertz CT molecular complexity index is 587. The van der Waals surface area contributed by atoms with Crippen LogP contribution in [0.4, 0.5) is 13.2 Å². The number of halogens is 3. The molecular formula is C14H12F3N3O2. The quantitative estimate of drug-likeness (QED) is 0.756. The number of para-hydroxylation sites is 1. The van der Waals surface area contributed by atoms with Gasteiger partial charge < -0.3 is 9.64 Å². The number of nitriles is 2. The molecule has 0 aliphatic rings. The summed E-state index contributed by atoms with van der Waals surface area (Å²) in [6.07, 6.45) is -4.92. The maximum Gasteiger partial charge on any atom is 0.573 e. The zero-order valence-electron chi connectivity index (χ0n) is 11.4. The Kier molecular flexibility index (Phi) is 6.21. The van der Waals surface area contributed by atoms with Crippen LogP contribution >= 0.6 is 0 Å². The second-order valence-corrected chi connectivity index (χ2v) is 4.22. The van der Waals surface area contributed by atoms with Gasteiger partial charge in [0.2, 0.25) is 5.91 Å². The Morgan fingerprint density at radius 1 is 1.18 bits per heavy atom. The molecule has 116 valence electrons. The van der Waals surface area contributed by atoms with Crippen molar-refractivity contribution in [2.45, 2.75) is 19.2 Å². The molecule has 0 aliphatic heterocycles. The Morgan fingerprint density at radius 2 is 1.77 bits per heavy atom. The molecule has 0 N–H and O–H groups in total. The molecule has 0 spiro atoms. The van der Waals surface area contributed by atoms with Crippen molar-refractivity contribution < 1.29 is 22.7 Å². The Labute approximate surface area is 125 Å². The Morgan fingerprint density at radius 3 is 2.32 bits per heavy atom. The van der Waals surface area contributed by atoms with E-state index >= 15 is 0 Å². The lowest BCUT2D eigenvalue weighted by atomic mass is 10.1. The second-order valence-electron chi connectivity index (χ2n) is 4.22. The number of aryl methyl sites for hydroxylation is 1. The number of carbonyl (C=O) groups is 1. The predicted octanol–water partition coefficient (Wildman–Crippen LogP) is 2.39. The highest BCUT2D eigenvalue weighted by Gasteiger charge is 2.32. The topological polar surface area (TPSA) is 77.1 Å². The molecule has 0 fully saturated rings. The molecule has 0 aromatic heterocycles. The maximum atomic E-state index is 12.3. The minimum absolute atomic E-state index is 0.0123. The van der Waals surface area contributed by atoms with Gasteiger partial charge in [0.25, 0.3) is 0 Å². The summed E-state index contributed by atoms with van der Waals surface area (Å²) in [4.78, 5) is 12.9. The number of alkyl halides is 3. The van der Waals surface area contributed by atoms with E-state index in [1.807, 2.05) is 0 Å². The molecule has 5 nitrogen and oxygen atoms in total. The van der Waals surface area contributed by atoms with Crippen LogP contribution in [0.3, 0.4) is 0 Å². The van der Waals surface area contributed by atoms with E-state index in [1.54, 1.807) is 12.1 Å². The van der Waals surface area contributed by atoms with Gasteiger partial charge >= 0.3 is 6.36 Å². The minimum atomic E-state index is -4.81. The van der Waals surface area contributed by atoms with Crippen LogP contribution in [0.5, 0.6) is 5.75 Å². The maximum absolute atomic E-state index is 12.3. The Balaban J connectivity index is 2.74. The van der Waals surface area contributed by atoms with Gasteiger partial charge in [-0.3, -0.25) is 4.79 Å². The molecule has 0 aliphatic carbocycles. The monoisotopic (exact) mass is 311 g/mol. The number of amides is 1. The largest absolute Gasteiger partial charge is 0.573 e. The summed E-state index contributed by atoms with van der Waals surface area (Å²) in [7, 11) is 0. The molecule has 0 saturated heterocycles. The number of hydrogen-bond acceptors (Lipinski definition) is 4. The lowest BCUT2D eigenvalue weighted by molar-refractivity contribution is -0.274. The van der Waals surface area contributed by atoms with Gasteiger partial charge in [-0.05, 0) is 18.1 Å². The van der Waals surface area contributed by atoms with Crippen molar-refractivity contribution in [2.24, 2.45) is 0 Å². The van der Waals surface area contributed by atoms with Crippen molar-refractivity contribution in [3.05, 3.63) is 29.8 Å². The lowest BCUT2D eigenvalue weighted by Crippen LogP contribution is -2.32. The summed E-state index contributed by atoms with van der Waals surface area (Å²) in [6, 6.07) is 9.02. The first kappa shape index (κ1) is 17.3. The molecule has 0 unspecified atom stereocenters. The number of carbonyl (C=O) groups excluding carboxylic acids is 1. The van der Waals surface area contributed by atoms with Gasteiger partial charge in [-0.2, -0.15) is 10.5 Å². The van der Waals surface area contributed by atoms with Crippen LogP contribution in [0.25, 0.3) is 0 Å². The highest BCUT2D eigenvalue weighted by Crippen LogP contribution is 2.27. The van der Waals surface area contributed by atoms with E-state index in [-0.39, 0.29) is 37.2 Å². The standard InChI is InChI=1S/C14H12F3N3O2/c15-14(16,17)22-12-4-2-1-3-11(12)5-6-13(21)20(9-7-18)10-8-19/h1-4H,5-6,9-10H2. The highest BCUT2D eigenvalue weighted by atomic mass is 19.4. The molecule has 1 aromatic rings. The predicted molar refractivity (Wildman–Crippen MR) is 69.3 cm³/mol. The van der Waals surface area contributed by atoms with Gasteiger partial charge in [0.05, 0.1) is 12.1 Å². The number of ether oxygens (including phenoxy) is 1. The Hall–Kier alpha value is -2.74. The van der Waals surface area contributed by atoms with E-state index in [1.165, 1.54) is 18.2 Å². The zero-order chi connectivity index (χ0) is 16.6. The van der Waals surface area contributed by atoms with Crippen LogP contribution in [-0.4, -0.2) is 30.3 Å². The van der Waals surface area contributed by atoms with E-state index in [0.717, 1.165) is 11.0 Å². The minimum Gasteiger partial charge on any atom is -0.406 e. The zero-order valence-corrected chi connectivity index (χ0v) is 11.4. The summed E-state index contributed by atoms with van der Waals surface area (Å²) in [6.45, 7) is -0.486. The summed E-state index contributed by atoms with van der Waals surface area (Å²) in [5, 5.41) is 17.1. The number of rotatable bonds is 6. The molecule has 0 bridgehead atoms. The van der Waals surface area contributed by atoms with E-state index in [0.29, 0.717) is 0 Å². The van der Waals surface area contributed by atoms with E-state index in [4.69, 9.17) is 10.5 Å². The van der Waals surface area contributed by atoms with Crippen molar-refractivity contribution in [3.63, 3.8) is 0 Å². The summed E-state index contributed by atoms with van der Waals surface area (Å²) < 4.78 is 40.7. The molecule has 22 heavy (non-hydrogen) atoms. The average molecular weight is 311 g/mol. The van der Waals surface area contributed by atoms with Crippen LogP contribution in [-0.2, 0) is 11.2 Å². The fourth-order valence-corrected chi connectivity index (χ4v) is 1.74. The van der Waals surface area contributed by atoms with Crippen molar-refractivity contribution >= 4 is 5.91 Å². The van der Waals surface area contributed by atoms with Crippen LogP contribution in [0, 0.1) is 22.7 Å². The summed E-state index contributed by atoms with van der Waals surface area (Å²) in [5.41, 5.74) is 0.224. The normalized spacial score (nSPS) is 10.4. The van der Waals surface area contributed by atoms with Crippen molar-refractivity contribution in [1.29, 1.82) is 10.5 Å². The van der Waals surface area contributed by atoms with Crippen molar-refractivity contribution in [2.75, 3.05) is 13.1 Å². The first-order chi connectivity index (χ1) is 10.4. The molecule has 0 atom stereocenters. The highest BCUT2D eigenvalue weighted by molar-refractivity contribution is 5.77. The van der Waals surface area contributed by atoms with Gasteiger partial charge in [-0.1, -0.05) is 18.2 Å². The second kappa shape index (κ2) is 7.89.